The Morgan fingerprint density at radius 1 is 1.35 bits per heavy atom. The van der Waals surface area contributed by atoms with Gasteiger partial charge in [0.25, 0.3) is 0 Å². The largest absolute Gasteiger partial charge is 0.416 e. The molecule has 0 saturated carbocycles. The van der Waals surface area contributed by atoms with Crippen molar-refractivity contribution in [3.63, 3.8) is 0 Å². The summed E-state index contributed by atoms with van der Waals surface area (Å²) in [5, 5.41) is 11.8. The summed E-state index contributed by atoms with van der Waals surface area (Å²) in [5.74, 6) is -0.983. The van der Waals surface area contributed by atoms with Crippen LogP contribution in [-0.4, -0.2) is 17.8 Å². The summed E-state index contributed by atoms with van der Waals surface area (Å²) in [6.07, 6.45) is -4.73. The van der Waals surface area contributed by atoms with Gasteiger partial charge >= 0.3 is 6.18 Å². The Labute approximate surface area is 96.3 Å². The van der Waals surface area contributed by atoms with Crippen LogP contribution < -0.4 is 5.32 Å². The molecule has 96 valence electrons. The predicted molar refractivity (Wildman–Crippen MR) is 56.2 cm³/mol. The number of aliphatic hydroxyl groups is 1. The molecule has 1 atom stereocenters. The maximum atomic E-state index is 13.3. The van der Waals surface area contributed by atoms with Gasteiger partial charge in [-0.25, -0.2) is 4.39 Å². The van der Waals surface area contributed by atoms with Crippen LogP contribution in [0.5, 0.6) is 0 Å². The van der Waals surface area contributed by atoms with E-state index in [1.165, 1.54) is 0 Å². The Bertz CT molecular complexity index is 378. The first-order valence-corrected chi connectivity index (χ1v) is 5.13. The minimum atomic E-state index is -4.55. The van der Waals surface area contributed by atoms with Crippen molar-refractivity contribution in [2.24, 2.45) is 0 Å². The van der Waals surface area contributed by atoms with Crippen LogP contribution in [0.15, 0.2) is 18.2 Å². The first kappa shape index (κ1) is 13.8. The molecule has 0 amide bonds. The van der Waals surface area contributed by atoms with Crippen LogP contribution in [0, 0.1) is 5.82 Å². The molecule has 6 heteroatoms. The SMILES string of the molecule is CCC(O)CNc1ccc(C(F)(F)F)cc1F. The molecule has 0 heterocycles. The number of benzene rings is 1. The molecule has 0 aromatic heterocycles. The van der Waals surface area contributed by atoms with E-state index in [1.807, 2.05) is 0 Å². The lowest BCUT2D eigenvalue weighted by Gasteiger charge is -2.13. The van der Waals surface area contributed by atoms with E-state index < -0.39 is 23.7 Å². The van der Waals surface area contributed by atoms with Gasteiger partial charge < -0.3 is 10.4 Å². The molecule has 0 saturated heterocycles. The molecular formula is C11H13F4NO. The van der Waals surface area contributed by atoms with Crippen LogP contribution in [0.2, 0.25) is 0 Å². The van der Waals surface area contributed by atoms with Gasteiger partial charge in [-0.2, -0.15) is 13.2 Å². The van der Waals surface area contributed by atoms with E-state index in [0.29, 0.717) is 12.5 Å². The molecule has 0 aliphatic carbocycles. The summed E-state index contributed by atoms with van der Waals surface area (Å²) < 4.78 is 50.0. The van der Waals surface area contributed by atoms with Gasteiger partial charge in [-0.15, -0.1) is 0 Å². The lowest BCUT2D eigenvalue weighted by molar-refractivity contribution is -0.137. The number of hydrogen-bond acceptors (Lipinski definition) is 2. The third-order valence-corrected chi connectivity index (χ3v) is 2.30. The third-order valence-electron chi connectivity index (χ3n) is 2.30. The van der Waals surface area contributed by atoms with Gasteiger partial charge in [-0.05, 0) is 24.6 Å². The highest BCUT2D eigenvalue weighted by molar-refractivity contribution is 5.46. The number of nitrogens with one attached hydrogen (secondary N) is 1. The fourth-order valence-electron chi connectivity index (χ4n) is 1.21. The molecular weight excluding hydrogens is 238 g/mol. The average Bonchev–Trinajstić information content (AvgIpc) is 2.25. The van der Waals surface area contributed by atoms with E-state index in [1.54, 1.807) is 6.92 Å². The maximum Gasteiger partial charge on any atom is 0.416 e. The molecule has 2 N–H and O–H groups in total. The van der Waals surface area contributed by atoms with Crippen molar-refractivity contribution in [1.29, 1.82) is 0 Å². The molecule has 0 fully saturated rings. The molecule has 0 aliphatic rings. The zero-order chi connectivity index (χ0) is 13.1. The zero-order valence-electron chi connectivity index (χ0n) is 9.18. The summed E-state index contributed by atoms with van der Waals surface area (Å²) in [6, 6.07) is 2.24. The van der Waals surface area contributed by atoms with E-state index in [2.05, 4.69) is 5.32 Å². The molecule has 2 nitrogen and oxygen atoms in total. The molecule has 1 unspecified atom stereocenters. The lowest BCUT2D eigenvalue weighted by atomic mass is 10.2. The summed E-state index contributed by atoms with van der Waals surface area (Å²) in [6.45, 7) is 1.84. The highest BCUT2D eigenvalue weighted by Gasteiger charge is 2.31. The van der Waals surface area contributed by atoms with Crippen molar-refractivity contribution in [2.75, 3.05) is 11.9 Å². The van der Waals surface area contributed by atoms with Crippen molar-refractivity contribution in [2.45, 2.75) is 25.6 Å². The minimum absolute atomic E-state index is 0.0505. The first-order valence-electron chi connectivity index (χ1n) is 5.13. The van der Waals surface area contributed by atoms with Crippen LogP contribution in [0.1, 0.15) is 18.9 Å². The second-order valence-corrected chi connectivity index (χ2v) is 3.64. The van der Waals surface area contributed by atoms with Crippen molar-refractivity contribution >= 4 is 5.69 Å². The molecule has 1 rings (SSSR count). The lowest BCUT2D eigenvalue weighted by Crippen LogP contribution is -2.19. The summed E-state index contributed by atoms with van der Waals surface area (Å²) in [7, 11) is 0. The van der Waals surface area contributed by atoms with Crippen molar-refractivity contribution in [3.8, 4) is 0 Å². The number of anilines is 1. The molecule has 0 bridgehead atoms. The monoisotopic (exact) mass is 251 g/mol. The van der Waals surface area contributed by atoms with Crippen LogP contribution >= 0.6 is 0 Å². The van der Waals surface area contributed by atoms with Gasteiger partial charge in [0.15, 0.2) is 0 Å². The minimum Gasteiger partial charge on any atom is -0.391 e. The second kappa shape index (κ2) is 5.35. The molecule has 1 aromatic carbocycles. The highest BCUT2D eigenvalue weighted by atomic mass is 19.4. The average molecular weight is 251 g/mol. The van der Waals surface area contributed by atoms with Crippen LogP contribution in [0.3, 0.4) is 0 Å². The predicted octanol–water partition coefficient (Wildman–Crippen LogP) is 3.03. The van der Waals surface area contributed by atoms with Crippen LogP contribution in [0.4, 0.5) is 23.2 Å². The highest BCUT2D eigenvalue weighted by Crippen LogP contribution is 2.31. The van der Waals surface area contributed by atoms with E-state index >= 15 is 0 Å². The van der Waals surface area contributed by atoms with E-state index in [0.717, 1.165) is 12.1 Å². The second-order valence-electron chi connectivity index (χ2n) is 3.64. The molecule has 0 spiro atoms. The smallest absolute Gasteiger partial charge is 0.391 e. The zero-order valence-corrected chi connectivity index (χ0v) is 9.18. The van der Waals surface area contributed by atoms with Gasteiger partial charge in [-0.3, -0.25) is 0 Å². The van der Waals surface area contributed by atoms with Crippen LogP contribution in [-0.2, 0) is 6.18 Å². The van der Waals surface area contributed by atoms with Crippen molar-refractivity contribution in [1.82, 2.24) is 0 Å². The Balaban J connectivity index is 2.77. The Hall–Kier alpha value is -1.30. The molecule has 1 aromatic rings. The topological polar surface area (TPSA) is 32.3 Å². The van der Waals surface area contributed by atoms with E-state index in [-0.39, 0.29) is 12.2 Å². The van der Waals surface area contributed by atoms with Crippen molar-refractivity contribution in [3.05, 3.63) is 29.6 Å². The molecule has 0 aliphatic heterocycles. The summed E-state index contributed by atoms with van der Waals surface area (Å²) in [5.41, 5.74) is -1.08. The Morgan fingerprint density at radius 2 is 2.00 bits per heavy atom. The normalized spacial score (nSPS) is 13.5. The number of alkyl halides is 3. The first-order chi connectivity index (χ1) is 7.84. The summed E-state index contributed by atoms with van der Waals surface area (Å²) >= 11 is 0. The Morgan fingerprint density at radius 3 is 2.47 bits per heavy atom. The van der Waals surface area contributed by atoms with Gasteiger partial charge in [0.2, 0.25) is 0 Å². The van der Waals surface area contributed by atoms with Gasteiger partial charge in [0.05, 0.1) is 17.4 Å². The molecule has 17 heavy (non-hydrogen) atoms. The van der Waals surface area contributed by atoms with Gasteiger partial charge in [-0.1, -0.05) is 6.92 Å². The maximum absolute atomic E-state index is 13.3. The van der Waals surface area contributed by atoms with Crippen molar-refractivity contribution < 1.29 is 22.7 Å². The van der Waals surface area contributed by atoms with E-state index in [4.69, 9.17) is 0 Å². The fourth-order valence-corrected chi connectivity index (χ4v) is 1.21. The standard InChI is InChI=1S/C11H13F4NO/c1-2-8(17)6-16-10-4-3-7(5-9(10)12)11(13,14)15/h3-5,8,16-17H,2,6H2,1H3. The van der Waals surface area contributed by atoms with Gasteiger partial charge in [0, 0.05) is 6.54 Å². The quantitative estimate of drug-likeness (QED) is 0.806. The third kappa shape index (κ3) is 3.89. The fraction of sp³-hybridized carbons (Fsp3) is 0.455. The molecule has 0 radical (unpaired) electrons. The van der Waals surface area contributed by atoms with Gasteiger partial charge in [0.1, 0.15) is 5.82 Å². The number of rotatable bonds is 4. The summed E-state index contributed by atoms with van der Waals surface area (Å²) in [4.78, 5) is 0. The Kier molecular flexibility index (Phi) is 4.34. The van der Waals surface area contributed by atoms with Crippen LogP contribution in [0.25, 0.3) is 0 Å². The number of aliphatic hydroxyl groups excluding tert-OH is 1. The number of hydrogen-bond donors (Lipinski definition) is 2. The number of halogens is 4. The van der Waals surface area contributed by atoms with E-state index in [9.17, 15) is 22.7 Å².